The monoisotopic (exact) mass is 355 g/mol. The van der Waals surface area contributed by atoms with E-state index in [9.17, 15) is 4.79 Å². The summed E-state index contributed by atoms with van der Waals surface area (Å²) in [6, 6.07) is 5.33. The zero-order valence-corrected chi connectivity index (χ0v) is 15.3. The van der Waals surface area contributed by atoms with Crippen LogP contribution in [0.2, 0.25) is 5.02 Å². The van der Waals surface area contributed by atoms with Gasteiger partial charge in [-0.15, -0.1) is 0 Å². The van der Waals surface area contributed by atoms with Crippen LogP contribution in [-0.4, -0.2) is 41.2 Å². The quantitative estimate of drug-likeness (QED) is 0.813. The summed E-state index contributed by atoms with van der Waals surface area (Å²) in [5.74, 6) is 0.434. The first kappa shape index (κ1) is 17.8. The van der Waals surface area contributed by atoms with Crippen LogP contribution in [-0.2, 0) is 4.79 Å². The SMILES string of the molecule is COc1ccc(NC(=O)CN2C(=S)NC(C)(C)CC2C)cc1Cl. The fourth-order valence-corrected chi connectivity index (χ4v) is 3.57. The number of amides is 1. The highest BCUT2D eigenvalue weighted by Gasteiger charge is 2.33. The molecular formula is C16H22ClN3O2S. The van der Waals surface area contributed by atoms with E-state index in [2.05, 4.69) is 31.4 Å². The third-order valence-corrected chi connectivity index (χ3v) is 4.43. The fourth-order valence-electron chi connectivity index (χ4n) is 2.79. The number of methoxy groups -OCH3 is 1. The molecule has 1 atom stereocenters. The van der Waals surface area contributed by atoms with Gasteiger partial charge in [0.05, 0.1) is 18.7 Å². The lowest BCUT2D eigenvalue weighted by atomic mass is 9.93. The van der Waals surface area contributed by atoms with E-state index in [0.717, 1.165) is 6.42 Å². The van der Waals surface area contributed by atoms with Crippen molar-refractivity contribution in [3.63, 3.8) is 0 Å². The molecule has 0 spiro atoms. The zero-order chi connectivity index (χ0) is 17.2. The molecule has 126 valence electrons. The van der Waals surface area contributed by atoms with Gasteiger partial charge in [-0.05, 0) is 57.6 Å². The highest BCUT2D eigenvalue weighted by Crippen LogP contribution is 2.27. The van der Waals surface area contributed by atoms with Gasteiger partial charge in [0.15, 0.2) is 5.11 Å². The molecule has 0 aliphatic carbocycles. The summed E-state index contributed by atoms with van der Waals surface area (Å²) in [5.41, 5.74) is 0.581. The number of benzene rings is 1. The summed E-state index contributed by atoms with van der Waals surface area (Å²) < 4.78 is 5.10. The lowest BCUT2D eigenvalue weighted by Gasteiger charge is -2.44. The lowest BCUT2D eigenvalue weighted by Crippen LogP contribution is -2.61. The Morgan fingerprint density at radius 2 is 2.26 bits per heavy atom. The number of nitrogens with zero attached hydrogens (tertiary/aromatic N) is 1. The van der Waals surface area contributed by atoms with Gasteiger partial charge in [0.2, 0.25) is 5.91 Å². The molecule has 2 rings (SSSR count). The molecular weight excluding hydrogens is 334 g/mol. The molecule has 1 aliphatic rings. The summed E-state index contributed by atoms with van der Waals surface area (Å²) in [5, 5.41) is 7.17. The molecule has 1 amide bonds. The molecule has 1 aromatic rings. The van der Waals surface area contributed by atoms with Gasteiger partial charge in [-0.25, -0.2) is 0 Å². The first-order valence-electron chi connectivity index (χ1n) is 7.44. The summed E-state index contributed by atoms with van der Waals surface area (Å²) in [4.78, 5) is 14.2. The number of carbonyl (C=O) groups excluding carboxylic acids is 1. The van der Waals surface area contributed by atoms with E-state index in [0.29, 0.717) is 21.6 Å². The molecule has 1 saturated heterocycles. The molecule has 1 aliphatic heterocycles. The van der Waals surface area contributed by atoms with Crippen molar-refractivity contribution in [1.82, 2.24) is 10.2 Å². The van der Waals surface area contributed by atoms with E-state index in [1.807, 2.05) is 4.90 Å². The molecule has 0 saturated carbocycles. The molecule has 0 aromatic heterocycles. The summed E-state index contributed by atoms with van der Waals surface area (Å²) in [6.45, 7) is 6.48. The first-order chi connectivity index (χ1) is 10.7. The van der Waals surface area contributed by atoms with Crippen LogP contribution in [0.5, 0.6) is 5.75 Å². The largest absolute Gasteiger partial charge is 0.495 e. The first-order valence-corrected chi connectivity index (χ1v) is 8.22. The molecule has 0 bridgehead atoms. The van der Waals surface area contributed by atoms with E-state index in [4.69, 9.17) is 28.6 Å². The molecule has 1 aromatic carbocycles. The van der Waals surface area contributed by atoms with Gasteiger partial charge < -0.3 is 20.3 Å². The maximum absolute atomic E-state index is 12.3. The second-order valence-corrected chi connectivity index (χ2v) is 7.19. The van der Waals surface area contributed by atoms with Gasteiger partial charge in [0, 0.05) is 17.3 Å². The Bertz CT molecular complexity index is 621. The van der Waals surface area contributed by atoms with Gasteiger partial charge >= 0.3 is 0 Å². The average Bonchev–Trinajstić information content (AvgIpc) is 2.42. The number of rotatable bonds is 4. The Morgan fingerprint density at radius 3 is 2.83 bits per heavy atom. The molecule has 1 unspecified atom stereocenters. The predicted octanol–water partition coefficient (Wildman–Crippen LogP) is 3.03. The van der Waals surface area contributed by atoms with E-state index >= 15 is 0 Å². The van der Waals surface area contributed by atoms with Gasteiger partial charge in [-0.3, -0.25) is 4.79 Å². The van der Waals surface area contributed by atoms with Crippen LogP contribution in [0.25, 0.3) is 0 Å². The number of hydrogen-bond acceptors (Lipinski definition) is 3. The van der Waals surface area contributed by atoms with E-state index < -0.39 is 0 Å². The van der Waals surface area contributed by atoms with Crippen LogP contribution < -0.4 is 15.4 Å². The Labute approximate surface area is 147 Å². The summed E-state index contributed by atoms with van der Waals surface area (Å²) in [7, 11) is 1.55. The Morgan fingerprint density at radius 1 is 1.57 bits per heavy atom. The third-order valence-electron chi connectivity index (χ3n) is 3.79. The van der Waals surface area contributed by atoms with E-state index in [1.165, 1.54) is 0 Å². The van der Waals surface area contributed by atoms with Crippen LogP contribution in [0.4, 0.5) is 5.69 Å². The molecule has 23 heavy (non-hydrogen) atoms. The predicted molar refractivity (Wildman–Crippen MR) is 97.2 cm³/mol. The zero-order valence-electron chi connectivity index (χ0n) is 13.8. The molecule has 7 heteroatoms. The minimum atomic E-state index is -0.137. The normalized spacial score (nSPS) is 20.0. The average molecular weight is 356 g/mol. The second kappa shape index (κ2) is 6.93. The van der Waals surface area contributed by atoms with E-state index in [1.54, 1.807) is 25.3 Å². The minimum absolute atomic E-state index is 0.0486. The number of anilines is 1. The van der Waals surface area contributed by atoms with Crippen LogP contribution >= 0.6 is 23.8 Å². The van der Waals surface area contributed by atoms with Crippen LogP contribution in [0.1, 0.15) is 27.2 Å². The molecule has 1 fully saturated rings. The minimum Gasteiger partial charge on any atom is -0.495 e. The van der Waals surface area contributed by atoms with Crippen molar-refractivity contribution in [2.45, 2.75) is 38.8 Å². The highest BCUT2D eigenvalue weighted by atomic mass is 35.5. The number of thiocarbonyl (C=S) groups is 1. The molecule has 2 N–H and O–H groups in total. The summed E-state index contributed by atoms with van der Waals surface area (Å²) >= 11 is 11.5. The standard InChI is InChI=1S/C16H22ClN3O2S/c1-10-8-16(2,3)19-15(23)20(10)9-14(21)18-11-5-6-13(22-4)12(17)7-11/h5-7,10H,8-9H2,1-4H3,(H,18,21)(H,19,23). The van der Waals surface area contributed by atoms with Gasteiger partial charge in [0.1, 0.15) is 5.75 Å². The molecule has 5 nitrogen and oxygen atoms in total. The number of halogens is 1. The number of nitrogens with one attached hydrogen (secondary N) is 2. The maximum atomic E-state index is 12.3. The highest BCUT2D eigenvalue weighted by molar-refractivity contribution is 7.80. The topological polar surface area (TPSA) is 53.6 Å². The van der Waals surface area contributed by atoms with Crippen molar-refractivity contribution in [3.05, 3.63) is 23.2 Å². The van der Waals surface area contributed by atoms with Gasteiger partial charge in [-0.1, -0.05) is 11.6 Å². The number of hydrogen-bond donors (Lipinski definition) is 2. The van der Waals surface area contributed by atoms with Crippen molar-refractivity contribution in [2.24, 2.45) is 0 Å². The van der Waals surface area contributed by atoms with Crippen molar-refractivity contribution >= 4 is 40.5 Å². The third kappa shape index (κ3) is 4.48. The van der Waals surface area contributed by atoms with Crippen LogP contribution in [0.3, 0.4) is 0 Å². The van der Waals surface area contributed by atoms with E-state index in [-0.39, 0.29) is 24.0 Å². The molecule has 1 heterocycles. The van der Waals surface area contributed by atoms with Crippen molar-refractivity contribution in [2.75, 3.05) is 19.0 Å². The molecule has 0 radical (unpaired) electrons. The maximum Gasteiger partial charge on any atom is 0.243 e. The van der Waals surface area contributed by atoms with Gasteiger partial charge in [-0.2, -0.15) is 0 Å². The Kier molecular flexibility index (Phi) is 5.37. The van der Waals surface area contributed by atoms with Crippen LogP contribution in [0.15, 0.2) is 18.2 Å². The van der Waals surface area contributed by atoms with Gasteiger partial charge in [0.25, 0.3) is 0 Å². The summed E-state index contributed by atoms with van der Waals surface area (Å²) in [6.07, 6.45) is 0.911. The van der Waals surface area contributed by atoms with Crippen molar-refractivity contribution in [1.29, 1.82) is 0 Å². The fraction of sp³-hybridized carbons (Fsp3) is 0.500. The Hall–Kier alpha value is -1.53. The number of ether oxygens (including phenoxy) is 1. The Balaban J connectivity index is 1.99. The smallest absolute Gasteiger partial charge is 0.243 e. The lowest BCUT2D eigenvalue weighted by molar-refractivity contribution is -0.117. The van der Waals surface area contributed by atoms with Crippen molar-refractivity contribution in [3.8, 4) is 5.75 Å². The second-order valence-electron chi connectivity index (χ2n) is 6.39. The van der Waals surface area contributed by atoms with Crippen LogP contribution in [0, 0.1) is 0 Å². The number of carbonyl (C=O) groups is 1. The van der Waals surface area contributed by atoms with Crippen molar-refractivity contribution < 1.29 is 9.53 Å².